The predicted molar refractivity (Wildman–Crippen MR) is 114 cm³/mol. The number of fused-ring (bicyclic) bond motifs is 1. The van der Waals surface area contributed by atoms with Gasteiger partial charge in [-0.1, -0.05) is 12.1 Å². The smallest absolute Gasteiger partial charge is 0.224 e. The Labute approximate surface area is 203 Å². The van der Waals surface area contributed by atoms with E-state index in [-0.39, 0.29) is 0 Å². The lowest BCUT2D eigenvalue weighted by Gasteiger charge is -2.55. The van der Waals surface area contributed by atoms with E-state index >= 15 is 0 Å². The molecule has 0 aliphatic heterocycles. The third kappa shape index (κ3) is 3.55. The van der Waals surface area contributed by atoms with Crippen molar-refractivity contribution in [3.8, 4) is 0 Å². The van der Waals surface area contributed by atoms with E-state index in [1.54, 1.807) is 11.0 Å². The van der Waals surface area contributed by atoms with E-state index in [4.69, 9.17) is 18.6 Å². The van der Waals surface area contributed by atoms with Crippen molar-refractivity contribution in [2.45, 2.75) is 88.1 Å². The second-order valence-corrected chi connectivity index (χ2v) is 13.8. The Morgan fingerprint density at radius 2 is 1.09 bits per heavy atom. The minimum Gasteiger partial charge on any atom is -0.224 e. The molecule has 7 heteroatoms. The van der Waals surface area contributed by atoms with Crippen molar-refractivity contribution in [3.63, 3.8) is 0 Å². The van der Waals surface area contributed by atoms with Gasteiger partial charge in [0.05, 0.1) is 0 Å². The minimum absolute atomic E-state index is 0.432. The average molecular weight is 487 g/mol. The first-order chi connectivity index (χ1) is 16.2. The number of halogens is 1. The number of nitrogens with zero attached hydrogens (tertiary/aromatic N) is 2. The SMILES string of the molecule is [O-][Cl+3]([O-])([O-])[O-].c1ccc2c(c1)n(C13CC4CC(CC(C4)C1)C3)c[n+]2C12CC3CC(CC(C3)C1)C2. The van der Waals surface area contributed by atoms with E-state index in [1.807, 2.05) is 0 Å². The van der Waals surface area contributed by atoms with Crippen LogP contribution in [-0.2, 0) is 11.1 Å². The monoisotopic (exact) mass is 486 g/mol. The molecule has 0 atom stereocenters. The van der Waals surface area contributed by atoms with Gasteiger partial charge in [0.2, 0.25) is 6.33 Å². The van der Waals surface area contributed by atoms with Crippen LogP contribution in [0.5, 0.6) is 0 Å². The first-order valence-electron chi connectivity index (χ1n) is 13.3. The molecule has 1 heterocycles. The van der Waals surface area contributed by atoms with Crippen molar-refractivity contribution in [2.24, 2.45) is 35.5 Å². The maximum Gasteiger partial charge on any atom is 0.245 e. The minimum atomic E-state index is -4.94. The van der Waals surface area contributed by atoms with Gasteiger partial charge in [-0.2, -0.15) is 0 Å². The molecule has 1 aromatic heterocycles. The third-order valence-corrected chi connectivity index (χ3v) is 10.7. The molecule has 184 valence electrons. The summed E-state index contributed by atoms with van der Waals surface area (Å²) in [5.41, 5.74) is 3.96. The van der Waals surface area contributed by atoms with Gasteiger partial charge in [-0.15, -0.1) is 10.2 Å². The number of rotatable bonds is 2. The number of benzene rings is 1. The van der Waals surface area contributed by atoms with Crippen molar-refractivity contribution >= 4 is 11.0 Å². The van der Waals surface area contributed by atoms with E-state index in [9.17, 15) is 0 Å². The van der Waals surface area contributed by atoms with Crippen molar-refractivity contribution in [2.75, 3.05) is 0 Å². The van der Waals surface area contributed by atoms with Crippen molar-refractivity contribution in [1.29, 1.82) is 0 Å². The fraction of sp³-hybridized carbons (Fsp3) is 0.741. The van der Waals surface area contributed by atoms with Crippen LogP contribution in [0.3, 0.4) is 0 Å². The highest BCUT2D eigenvalue weighted by atomic mass is 35.7. The van der Waals surface area contributed by atoms with Crippen molar-refractivity contribution < 1.29 is 33.4 Å². The molecule has 8 bridgehead atoms. The summed E-state index contributed by atoms with van der Waals surface area (Å²) in [7, 11) is -4.94. The fourth-order valence-corrected chi connectivity index (χ4v) is 10.6. The fourth-order valence-electron chi connectivity index (χ4n) is 10.6. The third-order valence-electron chi connectivity index (χ3n) is 10.7. The standard InChI is InChI=1S/C27H35N2.ClHO4/c1-2-4-25-24(3-1)28(26-11-18-5-19(12-26)7-20(6-18)13-26)17-29(25)27-14-21-8-22(15-27)10-23(9-21)16-27;2-1(3,4)5/h1-4,17-23H,5-16H2;(H,2,3,4,5)/q+1;/p-1. The molecular weight excluding hydrogens is 452 g/mol. The summed E-state index contributed by atoms with van der Waals surface area (Å²) in [4.78, 5) is 0. The van der Waals surface area contributed by atoms with Crippen LogP contribution < -0.4 is 23.2 Å². The van der Waals surface area contributed by atoms with Crippen LogP contribution in [0.15, 0.2) is 30.6 Å². The molecule has 8 fully saturated rings. The van der Waals surface area contributed by atoms with E-state index in [2.05, 4.69) is 39.7 Å². The average Bonchev–Trinajstić information content (AvgIpc) is 3.12. The van der Waals surface area contributed by atoms with Gasteiger partial charge >= 0.3 is 0 Å². The highest BCUT2D eigenvalue weighted by molar-refractivity contribution is 5.72. The molecule has 1 aromatic carbocycles. The van der Waals surface area contributed by atoms with E-state index < -0.39 is 10.2 Å². The zero-order valence-electron chi connectivity index (χ0n) is 19.7. The van der Waals surface area contributed by atoms with E-state index in [0.717, 1.165) is 35.5 Å². The molecule has 8 aliphatic rings. The van der Waals surface area contributed by atoms with Crippen LogP contribution in [0.25, 0.3) is 11.0 Å². The predicted octanol–water partition coefficient (Wildman–Crippen LogP) is 1.02. The highest BCUT2D eigenvalue weighted by Crippen LogP contribution is 2.60. The Hall–Kier alpha value is -1.18. The van der Waals surface area contributed by atoms with Crippen LogP contribution >= 0.6 is 0 Å². The number of hydrogen-bond donors (Lipinski definition) is 0. The molecular formula is C27H35ClN2O4. The lowest BCUT2D eigenvalue weighted by atomic mass is 9.52. The lowest BCUT2D eigenvalue weighted by Crippen LogP contribution is -2.68. The highest BCUT2D eigenvalue weighted by Gasteiger charge is 2.58. The number of hydrogen-bond acceptors (Lipinski definition) is 4. The molecule has 6 nitrogen and oxygen atoms in total. The second-order valence-electron chi connectivity index (χ2n) is 13.0. The topological polar surface area (TPSA) is 101 Å². The number of para-hydroxylation sites is 2. The summed E-state index contributed by atoms with van der Waals surface area (Å²) in [6, 6.07) is 9.49. The lowest BCUT2D eigenvalue weighted by molar-refractivity contribution is -2.00. The van der Waals surface area contributed by atoms with Crippen LogP contribution in [0.4, 0.5) is 0 Å². The summed E-state index contributed by atoms with van der Waals surface area (Å²) < 4.78 is 39.7. The van der Waals surface area contributed by atoms with Gasteiger partial charge in [-0.25, -0.2) is 27.8 Å². The quantitative estimate of drug-likeness (QED) is 0.591. The van der Waals surface area contributed by atoms with Gasteiger partial charge in [0, 0.05) is 0 Å². The van der Waals surface area contributed by atoms with Gasteiger partial charge in [-0.3, -0.25) is 0 Å². The first-order valence-corrected chi connectivity index (χ1v) is 14.6. The molecule has 0 N–H and O–H groups in total. The Morgan fingerprint density at radius 1 is 0.676 bits per heavy atom. The molecule has 34 heavy (non-hydrogen) atoms. The van der Waals surface area contributed by atoms with Crippen LogP contribution in [0, 0.1) is 45.8 Å². The molecule has 0 saturated heterocycles. The first kappa shape index (κ1) is 22.1. The Morgan fingerprint density at radius 3 is 1.56 bits per heavy atom. The summed E-state index contributed by atoms with van der Waals surface area (Å²) in [5, 5.41) is 0. The Balaban J connectivity index is 0.000000367. The van der Waals surface area contributed by atoms with Crippen molar-refractivity contribution in [1.82, 2.24) is 4.57 Å². The summed E-state index contributed by atoms with van der Waals surface area (Å²) >= 11 is 0. The largest absolute Gasteiger partial charge is 0.245 e. The Kier molecular flexibility index (Phi) is 4.81. The van der Waals surface area contributed by atoms with Gasteiger partial charge in [0.1, 0.15) is 11.1 Å². The van der Waals surface area contributed by atoms with Gasteiger partial charge in [-0.05, 0) is 125 Å². The molecule has 0 unspecified atom stereocenters. The zero-order valence-corrected chi connectivity index (χ0v) is 20.5. The maximum absolute atomic E-state index is 8.49. The number of aromatic nitrogens is 2. The molecule has 10 rings (SSSR count). The molecule has 8 aliphatic carbocycles. The van der Waals surface area contributed by atoms with Crippen LogP contribution in [-0.4, -0.2) is 4.57 Å². The summed E-state index contributed by atoms with van der Waals surface area (Å²) in [6.07, 6.45) is 20.6. The van der Waals surface area contributed by atoms with E-state index in [1.165, 1.54) is 77.0 Å². The summed E-state index contributed by atoms with van der Waals surface area (Å²) in [6.45, 7) is 0. The maximum atomic E-state index is 8.49. The van der Waals surface area contributed by atoms with Gasteiger partial charge < -0.3 is 0 Å². The molecule has 8 saturated carbocycles. The van der Waals surface area contributed by atoms with Crippen molar-refractivity contribution in [3.05, 3.63) is 30.6 Å². The zero-order chi connectivity index (χ0) is 23.3. The summed E-state index contributed by atoms with van der Waals surface area (Å²) in [5.74, 6) is 6.06. The normalized spacial score (nSPS) is 43.9. The molecule has 0 radical (unpaired) electrons. The second kappa shape index (κ2) is 7.42. The van der Waals surface area contributed by atoms with Gasteiger partial charge in [0.25, 0.3) is 0 Å². The van der Waals surface area contributed by atoms with Gasteiger partial charge in [0.15, 0.2) is 11.0 Å². The van der Waals surface area contributed by atoms with E-state index in [0.29, 0.717) is 11.1 Å². The Bertz CT molecular complexity index is 951. The van der Waals surface area contributed by atoms with Crippen LogP contribution in [0.1, 0.15) is 77.0 Å². The number of imidazole rings is 1. The molecule has 0 spiro atoms. The molecule has 2 aromatic rings. The molecule has 0 amide bonds. The van der Waals surface area contributed by atoms with Crippen LogP contribution in [0.2, 0.25) is 0 Å².